The van der Waals surface area contributed by atoms with Crippen molar-refractivity contribution in [1.29, 1.82) is 0 Å². The summed E-state index contributed by atoms with van der Waals surface area (Å²) in [4.78, 5) is 11.6. The predicted molar refractivity (Wildman–Crippen MR) is 175 cm³/mol. The molecule has 0 unspecified atom stereocenters. The SMILES string of the molecule is CCCCC[C@H](O)CCCC[C@H](O)[C@H]1CC[C@H]([C@H]2CC[C@H]([C@H](O)CCCCCCCCCCCCC3=C[C@H](C)OC3=O)O2)O1. The molecule has 0 aromatic heterocycles. The first kappa shape index (κ1) is 37.5. The van der Waals surface area contributed by atoms with E-state index >= 15 is 0 Å². The Bertz CT molecular complexity index is 801. The number of esters is 1. The molecule has 8 atom stereocenters. The molecule has 0 bridgehead atoms. The Hall–Kier alpha value is -0.990. The first-order valence-electron chi connectivity index (χ1n) is 18.6. The Morgan fingerprint density at radius 3 is 1.61 bits per heavy atom. The lowest BCUT2D eigenvalue weighted by molar-refractivity contribution is -0.139. The van der Waals surface area contributed by atoms with E-state index < -0.39 is 12.2 Å². The highest BCUT2D eigenvalue weighted by atomic mass is 16.6. The predicted octanol–water partition coefficient (Wildman–Crippen LogP) is 7.86. The Labute approximate surface area is 268 Å². The molecule has 256 valence electrons. The number of unbranched alkanes of at least 4 members (excludes halogenated alkanes) is 12. The molecule has 0 aliphatic carbocycles. The van der Waals surface area contributed by atoms with Crippen molar-refractivity contribution in [2.45, 2.75) is 217 Å². The summed E-state index contributed by atoms with van der Waals surface area (Å²) in [6.07, 6.45) is 25.8. The molecule has 0 radical (unpaired) electrons. The summed E-state index contributed by atoms with van der Waals surface area (Å²) >= 11 is 0. The largest absolute Gasteiger partial charge is 0.455 e. The van der Waals surface area contributed by atoms with Crippen molar-refractivity contribution in [1.82, 2.24) is 0 Å². The summed E-state index contributed by atoms with van der Waals surface area (Å²) in [5, 5.41) is 31.5. The highest BCUT2D eigenvalue weighted by Crippen LogP contribution is 2.34. The molecule has 2 fully saturated rings. The smallest absolute Gasteiger partial charge is 0.334 e. The summed E-state index contributed by atoms with van der Waals surface area (Å²) in [7, 11) is 0. The molecule has 3 aliphatic rings. The van der Waals surface area contributed by atoms with E-state index in [0.717, 1.165) is 95.5 Å². The molecule has 0 aromatic carbocycles. The van der Waals surface area contributed by atoms with Crippen molar-refractivity contribution in [2.75, 3.05) is 0 Å². The van der Waals surface area contributed by atoms with Crippen LogP contribution in [0.5, 0.6) is 0 Å². The van der Waals surface area contributed by atoms with Gasteiger partial charge in [0.25, 0.3) is 0 Å². The molecule has 0 saturated carbocycles. The van der Waals surface area contributed by atoms with Crippen LogP contribution < -0.4 is 0 Å². The number of rotatable bonds is 25. The highest BCUT2D eigenvalue weighted by Gasteiger charge is 2.40. The van der Waals surface area contributed by atoms with Gasteiger partial charge in [-0.1, -0.05) is 96.8 Å². The maximum absolute atomic E-state index is 11.6. The lowest BCUT2D eigenvalue weighted by Gasteiger charge is -2.24. The van der Waals surface area contributed by atoms with Crippen molar-refractivity contribution >= 4 is 5.97 Å². The van der Waals surface area contributed by atoms with Gasteiger partial charge in [0.05, 0.1) is 42.7 Å². The van der Waals surface area contributed by atoms with Gasteiger partial charge in [-0.05, 0) is 77.2 Å². The third-order valence-corrected chi connectivity index (χ3v) is 10.1. The molecule has 2 saturated heterocycles. The van der Waals surface area contributed by atoms with E-state index in [1.165, 1.54) is 64.2 Å². The van der Waals surface area contributed by atoms with Crippen molar-refractivity contribution < 1.29 is 34.3 Å². The van der Waals surface area contributed by atoms with Crippen LogP contribution in [0.4, 0.5) is 0 Å². The maximum Gasteiger partial charge on any atom is 0.334 e. The Morgan fingerprint density at radius 1 is 0.659 bits per heavy atom. The van der Waals surface area contributed by atoms with Crippen LogP contribution >= 0.6 is 0 Å². The number of hydrogen-bond acceptors (Lipinski definition) is 7. The van der Waals surface area contributed by atoms with E-state index in [-0.39, 0.29) is 42.6 Å². The highest BCUT2D eigenvalue weighted by molar-refractivity contribution is 5.90. The lowest BCUT2D eigenvalue weighted by atomic mass is 10.00. The van der Waals surface area contributed by atoms with Crippen LogP contribution in [0.25, 0.3) is 0 Å². The van der Waals surface area contributed by atoms with Gasteiger partial charge in [0, 0.05) is 5.57 Å². The Balaban J connectivity index is 1.13. The van der Waals surface area contributed by atoms with Crippen LogP contribution in [0.2, 0.25) is 0 Å². The second-order valence-electron chi connectivity index (χ2n) is 14.0. The molecule has 3 rings (SSSR count). The number of ether oxygens (including phenoxy) is 3. The van der Waals surface area contributed by atoms with Crippen LogP contribution in [0.1, 0.15) is 168 Å². The number of carbonyl (C=O) groups is 1. The average Bonchev–Trinajstić information content (AvgIpc) is 3.76. The van der Waals surface area contributed by atoms with E-state index in [0.29, 0.717) is 0 Å². The third-order valence-electron chi connectivity index (χ3n) is 10.1. The fraction of sp³-hybridized carbons (Fsp3) is 0.919. The number of carbonyl (C=O) groups excluding carboxylic acids is 1. The van der Waals surface area contributed by atoms with Crippen LogP contribution in [0.15, 0.2) is 11.6 Å². The Kier molecular flexibility index (Phi) is 18.5. The zero-order valence-corrected chi connectivity index (χ0v) is 28.1. The van der Waals surface area contributed by atoms with E-state index in [9.17, 15) is 20.1 Å². The molecular weight excluding hydrogens is 556 g/mol. The number of hydrogen-bond donors (Lipinski definition) is 3. The third kappa shape index (κ3) is 14.2. The van der Waals surface area contributed by atoms with Gasteiger partial charge in [-0.15, -0.1) is 0 Å². The second kappa shape index (κ2) is 21.7. The van der Waals surface area contributed by atoms with Crippen molar-refractivity contribution in [3.63, 3.8) is 0 Å². The summed E-state index contributed by atoms with van der Waals surface area (Å²) in [6, 6.07) is 0. The van der Waals surface area contributed by atoms with Gasteiger partial charge in [0.15, 0.2) is 0 Å². The minimum absolute atomic E-state index is 0.0274. The zero-order valence-electron chi connectivity index (χ0n) is 28.1. The number of aliphatic hydroxyl groups is 3. The summed E-state index contributed by atoms with van der Waals surface area (Å²) < 4.78 is 17.7. The molecule has 7 nitrogen and oxygen atoms in total. The standard InChI is InChI=1S/C37H66O7/c1-3-4-13-19-30(38)20-16-17-22-32(40)34-24-26-36(44-34)35-25-23-33(43-35)31(39)21-15-12-10-8-6-5-7-9-11-14-18-29-27-28(2)42-37(29)41/h27-28,30-36,38-40H,3-26H2,1-2H3/t28-,30-,31+,32-,33+,34+,35+,36+/m0/s1. The van der Waals surface area contributed by atoms with Crippen molar-refractivity contribution in [3.05, 3.63) is 11.6 Å². The number of cyclic esters (lactones) is 1. The Morgan fingerprint density at radius 2 is 1.11 bits per heavy atom. The van der Waals surface area contributed by atoms with E-state index in [4.69, 9.17) is 14.2 Å². The molecule has 0 amide bonds. The second-order valence-corrected chi connectivity index (χ2v) is 14.0. The van der Waals surface area contributed by atoms with Crippen molar-refractivity contribution in [2.24, 2.45) is 0 Å². The van der Waals surface area contributed by atoms with Gasteiger partial charge >= 0.3 is 5.97 Å². The topological polar surface area (TPSA) is 105 Å². The minimum Gasteiger partial charge on any atom is -0.455 e. The molecule has 44 heavy (non-hydrogen) atoms. The normalized spacial score (nSPS) is 27.4. The number of aliphatic hydroxyl groups excluding tert-OH is 3. The molecule has 3 aliphatic heterocycles. The lowest BCUT2D eigenvalue weighted by Crippen LogP contribution is -2.33. The maximum atomic E-state index is 11.6. The van der Waals surface area contributed by atoms with Crippen LogP contribution in [-0.2, 0) is 19.0 Å². The van der Waals surface area contributed by atoms with Crippen molar-refractivity contribution in [3.8, 4) is 0 Å². The molecule has 3 heterocycles. The molecule has 3 N–H and O–H groups in total. The van der Waals surface area contributed by atoms with E-state index in [2.05, 4.69) is 6.92 Å². The van der Waals surface area contributed by atoms with E-state index in [1.807, 2.05) is 13.0 Å². The quantitative estimate of drug-likeness (QED) is 0.0703. The fourth-order valence-electron chi connectivity index (χ4n) is 7.27. The van der Waals surface area contributed by atoms with Gasteiger partial charge in [-0.25, -0.2) is 4.79 Å². The summed E-state index contributed by atoms with van der Waals surface area (Å²) in [6.45, 7) is 4.09. The molecule has 7 heteroatoms. The minimum atomic E-state index is -0.447. The molecular formula is C37H66O7. The zero-order chi connectivity index (χ0) is 31.6. The molecule has 0 spiro atoms. The summed E-state index contributed by atoms with van der Waals surface area (Å²) in [5.41, 5.74) is 0.863. The first-order valence-corrected chi connectivity index (χ1v) is 18.6. The monoisotopic (exact) mass is 622 g/mol. The van der Waals surface area contributed by atoms with Gasteiger partial charge in [-0.2, -0.15) is 0 Å². The molecule has 0 aromatic rings. The first-order chi connectivity index (χ1) is 21.4. The van der Waals surface area contributed by atoms with Gasteiger partial charge in [0.2, 0.25) is 0 Å². The summed E-state index contributed by atoms with van der Waals surface area (Å²) in [5.74, 6) is -0.123. The fourth-order valence-corrected chi connectivity index (χ4v) is 7.27. The van der Waals surface area contributed by atoms with E-state index in [1.54, 1.807) is 0 Å². The van der Waals surface area contributed by atoms with Crippen LogP contribution in [0.3, 0.4) is 0 Å². The van der Waals surface area contributed by atoms with Crippen LogP contribution in [0, 0.1) is 0 Å². The average molecular weight is 623 g/mol. The van der Waals surface area contributed by atoms with Gasteiger partial charge in [-0.3, -0.25) is 0 Å². The van der Waals surface area contributed by atoms with Gasteiger partial charge in [0.1, 0.15) is 6.10 Å². The van der Waals surface area contributed by atoms with Gasteiger partial charge < -0.3 is 29.5 Å². The van der Waals surface area contributed by atoms with Crippen LogP contribution in [-0.4, -0.2) is 70.1 Å².